The van der Waals surface area contributed by atoms with E-state index in [9.17, 15) is 9.59 Å². The number of aliphatic carboxylic acids is 1. The molecule has 0 spiro atoms. The topological polar surface area (TPSA) is 60.9 Å². The normalized spacial score (nSPS) is 23.5. The number of piperazine rings is 1. The highest BCUT2D eigenvalue weighted by Gasteiger charge is 2.42. The number of hydrogen-bond acceptors (Lipinski definition) is 3. The van der Waals surface area contributed by atoms with Gasteiger partial charge in [-0.05, 0) is 19.3 Å². The van der Waals surface area contributed by atoms with Crippen molar-refractivity contribution in [3.63, 3.8) is 0 Å². The molecule has 0 unspecified atom stereocenters. The number of nitrogens with zero attached hydrogens (tertiary/aromatic N) is 2. The van der Waals surface area contributed by atoms with Gasteiger partial charge in [0.2, 0.25) is 5.91 Å². The van der Waals surface area contributed by atoms with Gasteiger partial charge in [0.05, 0.1) is 6.54 Å². The standard InChI is InChI=1S/C14H24N2O3/c1-2-14(5-3-4-6-14)13(19)16-9-7-15(8-10-16)11-12(17)18/h2-11H2,1H3,(H,17,18). The van der Waals surface area contributed by atoms with Crippen LogP contribution in [0.15, 0.2) is 0 Å². The fourth-order valence-electron chi connectivity index (χ4n) is 3.41. The van der Waals surface area contributed by atoms with E-state index in [2.05, 4.69) is 6.92 Å². The number of carbonyl (C=O) groups excluding carboxylic acids is 1. The molecule has 2 fully saturated rings. The second kappa shape index (κ2) is 5.90. The molecule has 19 heavy (non-hydrogen) atoms. The van der Waals surface area contributed by atoms with Gasteiger partial charge in [-0.25, -0.2) is 0 Å². The van der Waals surface area contributed by atoms with Crippen LogP contribution in [0.4, 0.5) is 0 Å². The highest BCUT2D eigenvalue weighted by atomic mass is 16.4. The van der Waals surface area contributed by atoms with Crippen LogP contribution in [0.1, 0.15) is 39.0 Å². The van der Waals surface area contributed by atoms with Gasteiger partial charge in [0, 0.05) is 31.6 Å². The zero-order valence-corrected chi connectivity index (χ0v) is 11.7. The Morgan fingerprint density at radius 1 is 1.11 bits per heavy atom. The van der Waals surface area contributed by atoms with Crippen molar-refractivity contribution in [3.05, 3.63) is 0 Å². The van der Waals surface area contributed by atoms with Crippen LogP contribution in [0.3, 0.4) is 0 Å². The van der Waals surface area contributed by atoms with E-state index in [0.29, 0.717) is 32.1 Å². The molecule has 0 bridgehead atoms. The maximum atomic E-state index is 12.7. The SMILES string of the molecule is CCC1(C(=O)N2CCN(CC(=O)O)CC2)CCCC1. The van der Waals surface area contributed by atoms with Crippen molar-refractivity contribution in [2.75, 3.05) is 32.7 Å². The van der Waals surface area contributed by atoms with Crippen molar-refractivity contribution >= 4 is 11.9 Å². The third-order valence-electron chi connectivity index (χ3n) is 4.71. The monoisotopic (exact) mass is 268 g/mol. The molecule has 2 rings (SSSR count). The lowest BCUT2D eigenvalue weighted by atomic mass is 9.81. The fraction of sp³-hybridized carbons (Fsp3) is 0.857. The lowest BCUT2D eigenvalue weighted by Gasteiger charge is -2.39. The van der Waals surface area contributed by atoms with Gasteiger partial charge in [0.25, 0.3) is 0 Å². The first-order valence-corrected chi connectivity index (χ1v) is 7.31. The molecule has 5 heteroatoms. The quantitative estimate of drug-likeness (QED) is 0.832. The summed E-state index contributed by atoms with van der Waals surface area (Å²) in [6.45, 7) is 4.91. The molecule has 108 valence electrons. The molecule has 0 aromatic carbocycles. The van der Waals surface area contributed by atoms with Crippen molar-refractivity contribution < 1.29 is 14.7 Å². The summed E-state index contributed by atoms with van der Waals surface area (Å²) in [6.07, 6.45) is 5.31. The third-order valence-corrected chi connectivity index (χ3v) is 4.71. The van der Waals surface area contributed by atoms with Crippen molar-refractivity contribution in [2.45, 2.75) is 39.0 Å². The largest absolute Gasteiger partial charge is 0.480 e. The molecule has 1 aliphatic heterocycles. The molecule has 0 radical (unpaired) electrons. The minimum Gasteiger partial charge on any atom is -0.480 e. The molecule has 5 nitrogen and oxygen atoms in total. The summed E-state index contributed by atoms with van der Waals surface area (Å²) in [4.78, 5) is 27.2. The van der Waals surface area contributed by atoms with Gasteiger partial charge in [0.1, 0.15) is 0 Å². The van der Waals surface area contributed by atoms with Crippen LogP contribution in [0.2, 0.25) is 0 Å². The Labute approximate surface area is 114 Å². The molecule has 1 amide bonds. The summed E-state index contributed by atoms with van der Waals surface area (Å²) in [5.41, 5.74) is -0.116. The Bertz CT molecular complexity index is 343. The lowest BCUT2D eigenvalue weighted by molar-refractivity contribution is -0.145. The van der Waals surface area contributed by atoms with Crippen LogP contribution in [0.25, 0.3) is 0 Å². The Hall–Kier alpha value is -1.10. The number of carbonyl (C=O) groups is 2. The molecular weight excluding hydrogens is 244 g/mol. The third kappa shape index (κ3) is 3.08. The minimum absolute atomic E-state index is 0.0843. The van der Waals surface area contributed by atoms with E-state index in [0.717, 1.165) is 19.3 Å². The maximum Gasteiger partial charge on any atom is 0.317 e. The van der Waals surface area contributed by atoms with Crippen molar-refractivity contribution in [1.29, 1.82) is 0 Å². The molecule has 1 heterocycles. The summed E-state index contributed by atoms with van der Waals surface area (Å²) in [7, 11) is 0. The smallest absolute Gasteiger partial charge is 0.317 e. The van der Waals surface area contributed by atoms with E-state index >= 15 is 0 Å². The first-order chi connectivity index (χ1) is 9.07. The molecule has 1 N–H and O–H groups in total. The van der Waals surface area contributed by atoms with Gasteiger partial charge in [-0.3, -0.25) is 14.5 Å². The Morgan fingerprint density at radius 3 is 2.16 bits per heavy atom. The maximum absolute atomic E-state index is 12.7. The number of carboxylic acid groups (broad SMARTS) is 1. The Balaban J connectivity index is 1.90. The highest BCUT2D eigenvalue weighted by Crippen LogP contribution is 2.42. The number of amides is 1. The van der Waals surface area contributed by atoms with E-state index < -0.39 is 5.97 Å². The Morgan fingerprint density at radius 2 is 1.68 bits per heavy atom. The summed E-state index contributed by atoms with van der Waals surface area (Å²) < 4.78 is 0. The van der Waals surface area contributed by atoms with Gasteiger partial charge < -0.3 is 10.0 Å². The summed E-state index contributed by atoms with van der Waals surface area (Å²) >= 11 is 0. The van der Waals surface area contributed by atoms with Gasteiger partial charge >= 0.3 is 5.97 Å². The van der Waals surface area contributed by atoms with Crippen LogP contribution in [-0.4, -0.2) is 59.5 Å². The lowest BCUT2D eigenvalue weighted by Crippen LogP contribution is -2.53. The summed E-state index contributed by atoms with van der Waals surface area (Å²) in [5, 5.41) is 8.77. The van der Waals surface area contributed by atoms with E-state index in [-0.39, 0.29) is 12.0 Å². The van der Waals surface area contributed by atoms with E-state index in [4.69, 9.17) is 5.11 Å². The molecule has 1 saturated carbocycles. The van der Waals surface area contributed by atoms with Crippen LogP contribution >= 0.6 is 0 Å². The molecule has 0 atom stereocenters. The van der Waals surface area contributed by atoms with Crippen LogP contribution in [-0.2, 0) is 9.59 Å². The average Bonchev–Trinajstić information content (AvgIpc) is 2.88. The van der Waals surface area contributed by atoms with Gasteiger partial charge in [-0.1, -0.05) is 19.8 Å². The van der Waals surface area contributed by atoms with Crippen LogP contribution < -0.4 is 0 Å². The van der Waals surface area contributed by atoms with Gasteiger partial charge in [-0.2, -0.15) is 0 Å². The van der Waals surface area contributed by atoms with Crippen molar-refractivity contribution in [3.8, 4) is 0 Å². The first-order valence-electron chi connectivity index (χ1n) is 7.31. The highest BCUT2D eigenvalue weighted by molar-refractivity contribution is 5.83. The summed E-state index contributed by atoms with van der Waals surface area (Å²) in [6, 6.07) is 0. The van der Waals surface area contributed by atoms with E-state index in [1.54, 1.807) is 0 Å². The van der Waals surface area contributed by atoms with Crippen LogP contribution in [0, 0.1) is 5.41 Å². The minimum atomic E-state index is -0.791. The zero-order valence-electron chi connectivity index (χ0n) is 11.7. The number of hydrogen-bond donors (Lipinski definition) is 1. The number of carboxylic acids is 1. The second-order valence-electron chi connectivity index (χ2n) is 5.80. The van der Waals surface area contributed by atoms with E-state index in [1.807, 2.05) is 9.80 Å². The number of rotatable bonds is 4. The van der Waals surface area contributed by atoms with E-state index in [1.165, 1.54) is 12.8 Å². The first kappa shape index (κ1) is 14.3. The van der Waals surface area contributed by atoms with Gasteiger partial charge in [-0.15, -0.1) is 0 Å². The molecule has 0 aromatic heterocycles. The predicted octanol–water partition coefficient (Wildman–Crippen LogP) is 1.19. The molecule has 1 aliphatic carbocycles. The fourth-order valence-corrected chi connectivity index (χ4v) is 3.41. The molecule has 0 aromatic rings. The predicted molar refractivity (Wildman–Crippen MR) is 71.8 cm³/mol. The van der Waals surface area contributed by atoms with Crippen LogP contribution in [0.5, 0.6) is 0 Å². The van der Waals surface area contributed by atoms with Gasteiger partial charge in [0.15, 0.2) is 0 Å². The Kier molecular flexibility index (Phi) is 4.45. The van der Waals surface area contributed by atoms with Crippen molar-refractivity contribution in [2.24, 2.45) is 5.41 Å². The van der Waals surface area contributed by atoms with Crippen molar-refractivity contribution in [1.82, 2.24) is 9.80 Å². The zero-order chi connectivity index (χ0) is 13.9. The molecular formula is C14H24N2O3. The second-order valence-corrected chi connectivity index (χ2v) is 5.80. The molecule has 1 saturated heterocycles. The molecule has 2 aliphatic rings. The average molecular weight is 268 g/mol. The summed E-state index contributed by atoms with van der Waals surface area (Å²) in [5.74, 6) is -0.483.